The van der Waals surface area contributed by atoms with Crippen molar-refractivity contribution in [3.05, 3.63) is 0 Å². The van der Waals surface area contributed by atoms with Crippen molar-refractivity contribution in [1.29, 1.82) is 0 Å². The van der Waals surface area contributed by atoms with Crippen molar-refractivity contribution in [2.45, 2.75) is 32.2 Å². The molecule has 0 unspecified atom stereocenters. The van der Waals surface area contributed by atoms with E-state index >= 15 is 0 Å². The molecule has 0 bridgehead atoms. The zero-order chi connectivity index (χ0) is 12.5. The molecule has 2 amide bonds. The molecule has 1 N–H and O–H groups in total. The zero-order valence-electron chi connectivity index (χ0n) is 10.7. The number of piperazine rings is 1. The van der Waals surface area contributed by atoms with Gasteiger partial charge in [0.2, 0.25) is 11.8 Å². The van der Waals surface area contributed by atoms with Gasteiger partial charge in [0.1, 0.15) is 5.54 Å². The minimum atomic E-state index is -0.690. The number of amides is 2. The molecular formula is C12H21N3O2. The fourth-order valence-electron chi connectivity index (χ4n) is 2.61. The highest BCUT2D eigenvalue weighted by molar-refractivity contribution is 5.91. The van der Waals surface area contributed by atoms with E-state index in [4.69, 9.17) is 0 Å². The fourth-order valence-corrected chi connectivity index (χ4v) is 2.61. The van der Waals surface area contributed by atoms with Gasteiger partial charge in [-0.1, -0.05) is 0 Å². The molecule has 0 aromatic heterocycles. The van der Waals surface area contributed by atoms with Crippen LogP contribution in [0.15, 0.2) is 0 Å². The van der Waals surface area contributed by atoms with Gasteiger partial charge < -0.3 is 15.1 Å². The van der Waals surface area contributed by atoms with E-state index in [9.17, 15) is 9.59 Å². The topological polar surface area (TPSA) is 52.7 Å². The highest BCUT2D eigenvalue weighted by atomic mass is 16.2. The van der Waals surface area contributed by atoms with Crippen LogP contribution in [0.25, 0.3) is 0 Å². The Balaban J connectivity index is 2.08. The molecule has 2 aliphatic heterocycles. The second-order valence-electron chi connectivity index (χ2n) is 5.25. The number of carbonyl (C=O) groups excluding carboxylic acids is 2. The third-order valence-electron chi connectivity index (χ3n) is 3.68. The molecule has 5 nitrogen and oxygen atoms in total. The molecule has 0 aromatic carbocycles. The maximum Gasteiger partial charge on any atom is 0.248 e. The molecule has 2 fully saturated rings. The van der Waals surface area contributed by atoms with E-state index < -0.39 is 5.54 Å². The van der Waals surface area contributed by atoms with Crippen LogP contribution < -0.4 is 5.32 Å². The Morgan fingerprint density at radius 2 is 1.88 bits per heavy atom. The minimum Gasteiger partial charge on any atom is -0.338 e. The maximum absolute atomic E-state index is 12.5. The largest absolute Gasteiger partial charge is 0.338 e. The molecule has 5 heteroatoms. The van der Waals surface area contributed by atoms with Crippen LogP contribution >= 0.6 is 0 Å². The van der Waals surface area contributed by atoms with Gasteiger partial charge in [-0.25, -0.2) is 0 Å². The van der Waals surface area contributed by atoms with Crippen molar-refractivity contribution in [2.75, 3.05) is 32.7 Å². The molecule has 0 aliphatic carbocycles. The van der Waals surface area contributed by atoms with Crippen molar-refractivity contribution in [3.8, 4) is 0 Å². The second-order valence-corrected chi connectivity index (χ2v) is 5.25. The summed E-state index contributed by atoms with van der Waals surface area (Å²) in [5.41, 5.74) is -0.690. The normalized spacial score (nSPS) is 22.1. The number of hydrogen-bond donors (Lipinski definition) is 1. The average molecular weight is 239 g/mol. The van der Waals surface area contributed by atoms with Gasteiger partial charge in [0.25, 0.3) is 0 Å². The summed E-state index contributed by atoms with van der Waals surface area (Å²) in [7, 11) is 0. The van der Waals surface area contributed by atoms with Gasteiger partial charge in [0.15, 0.2) is 0 Å². The number of carbonyl (C=O) groups is 2. The van der Waals surface area contributed by atoms with Crippen LogP contribution in [0, 0.1) is 0 Å². The third kappa shape index (κ3) is 2.29. The molecule has 2 heterocycles. The summed E-state index contributed by atoms with van der Waals surface area (Å²) in [5.74, 6) is 0.188. The Morgan fingerprint density at radius 3 is 2.41 bits per heavy atom. The van der Waals surface area contributed by atoms with E-state index in [0.717, 1.165) is 32.6 Å². The van der Waals surface area contributed by atoms with E-state index in [1.807, 2.05) is 18.7 Å². The first-order valence-corrected chi connectivity index (χ1v) is 6.34. The van der Waals surface area contributed by atoms with E-state index in [0.29, 0.717) is 13.0 Å². The van der Waals surface area contributed by atoms with Crippen molar-refractivity contribution in [1.82, 2.24) is 15.1 Å². The molecule has 96 valence electrons. The van der Waals surface area contributed by atoms with Crippen LogP contribution in [0.4, 0.5) is 0 Å². The molecular weight excluding hydrogens is 218 g/mol. The zero-order valence-corrected chi connectivity index (χ0v) is 10.7. The standard InChI is InChI=1S/C12H21N3O2/c1-12(2,15-7-3-4-10(15)16)11(17)14-8-5-13-6-9-14/h13H,3-9H2,1-2H3. The van der Waals surface area contributed by atoms with Gasteiger partial charge in [-0.3, -0.25) is 9.59 Å². The molecule has 0 radical (unpaired) electrons. The van der Waals surface area contributed by atoms with Crippen LogP contribution in [0.5, 0.6) is 0 Å². The number of nitrogens with zero attached hydrogens (tertiary/aromatic N) is 2. The van der Waals surface area contributed by atoms with Crippen LogP contribution in [0.3, 0.4) is 0 Å². The maximum atomic E-state index is 12.5. The summed E-state index contributed by atoms with van der Waals surface area (Å²) < 4.78 is 0. The molecule has 2 saturated heterocycles. The summed E-state index contributed by atoms with van der Waals surface area (Å²) >= 11 is 0. The molecule has 0 atom stereocenters. The lowest BCUT2D eigenvalue weighted by molar-refractivity contribution is -0.150. The summed E-state index contributed by atoms with van der Waals surface area (Å²) in [6.45, 7) is 7.60. The number of rotatable bonds is 2. The van der Waals surface area contributed by atoms with Gasteiger partial charge in [-0.05, 0) is 20.3 Å². The van der Waals surface area contributed by atoms with Gasteiger partial charge in [-0.2, -0.15) is 0 Å². The number of likely N-dealkylation sites (tertiary alicyclic amines) is 1. The first-order chi connectivity index (χ1) is 8.03. The van der Waals surface area contributed by atoms with Crippen LogP contribution in [0.1, 0.15) is 26.7 Å². The highest BCUT2D eigenvalue weighted by Crippen LogP contribution is 2.24. The lowest BCUT2D eigenvalue weighted by atomic mass is 10.0. The van der Waals surface area contributed by atoms with Crippen molar-refractivity contribution >= 4 is 11.8 Å². The van der Waals surface area contributed by atoms with Crippen LogP contribution in [0.2, 0.25) is 0 Å². The molecule has 0 saturated carbocycles. The van der Waals surface area contributed by atoms with E-state index in [1.165, 1.54) is 0 Å². The highest BCUT2D eigenvalue weighted by Gasteiger charge is 2.42. The van der Waals surface area contributed by atoms with Gasteiger partial charge in [-0.15, -0.1) is 0 Å². The van der Waals surface area contributed by atoms with Crippen molar-refractivity contribution in [3.63, 3.8) is 0 Å². The predicted molar refractivity (Wildman–Crippen MR) is 64.5 cm³/mol. The average Bonchev–Trinajstić information content (AvgIpc) is 2.76. The quantitative estimate of drug-likeness (QED) is 0.727. The Morgan fingerprint density at radius 1 is 1.24 bits per heavy atom. The van der Waals surface area contributed by atoms with Crippen LogP contribution in [-0.4, -0.2) is 59.9 Å². The fraction of sp³-hybridized carbons (Fsp3) is 0.833. The summed E-state index contributed by atoms with van der Waals surface area (Å²) in [6, 6.07) is 0. The van der Waals surface area contributed by atoms with Crippen molar-refractivity contribution < 1.29 is 9.59 Å². The monoisotopic (exact) mass is 239 g/mol. The van der Waals surface area contributed by atoms with E-state index in [2.05, 4.69) is 5.32 Å². The first kappa shape index (κ1) is 12.4. The van der Waals surface area contributed by atoms with Crippen molar-refractivity contribution in [2.24, 2.45) is 0 Å². The van der Waals surface area contributed by atoms with Gasteiger partial charge in [0.05, 0.1) is 0 Å². The van der Waals surface area contributed by atoms with Gasteiger partial charge in [0, 0.05) is 39.1 Å². The van der Waals surface area contributed by atoms with Gasteiger partial charge >= 0.3 is 0 Å². The second kappa shape index (κ2) is 4.64. The van der Waals surface area contributed by atoms with Crippen LogP contribution in [-0.2, 0) is 9.59 Å². The Hall–Kier alpha value is -1.10. The molecule has 17 heavy (non-hydrogen) atoms. The first-order valence-electron chi connectivity index (χ1n) is 6.34. The van der Waals surface area contributed by atoms with E-state index in [-0.39, 0.29) is 11.8 Å². The number of nitrogens with one attached hydrogen (secondary N) is 1. The Labute approximate surface area is 102 Å². The Bertz CT molecular complexity index is 322. The lowest BCUT2D eigenvalue weighted by Gasteiger charge is -2.39. The Kier molecular flexibility index (Phi) is 3.38. The summed E-state index contributed by atoms with van der Waals surface area (Å²) in [6.07, 6.45) is 1.45. The van der Waals surface area contributed by atoms with E-state index in [1.54, 1.807) is 4.90 Å². The summed E-state index contributed by atoms with van der Waals surface area (Å²) in [5, 5.41) is 3.22. The predicted octanol–water partition coefficient (Wildman–Crippen LogP) is -0.181. The molecule has 2 rings (SSSR count). The third-order valence-corrected chi connectivity index (χ3v) is 3.68. The summed E-state index contributed by atoms with van der Waals surface area (Å²) in [4.78, 5) is 27.8. The molecule has 2 aliphatic rings. The lowest BCUT2D eigenvalue weighted by Crippen LogP contribution is -2.59. The SMILES string of the molecule is CC(C)(C(=O)N1CCNCC1)N1CCCC1=O. The number of hydrogen-bond acceptors (Lipinski definition) is 3. The molecule has 0 aromatic rings. The smallest absolute Gasteiger partial charge is 0.248 e. The molecule has 0 spiro atoms. The minimum absolute atomic E-state index is 0.0780.